The summed E-state index contributed by atoms with van der Waals surface area (Å²) in [4.78, 5) is 0. The molecule has 1 heteroatoms. The lowest BCUT2D eigenvalue weighted by atomic mass is 10.0. The Morgan fingerprint density at radius 2 is 2.11 bits per heavy atom. The summed E-state index contributed by atoms with van der Waals surface area (Å²) in [5, 5.41) is 9.13. The molecule has 1 rings (SSSR count). The number of rotatable bonds is 0. The standard InChI is InChI=1S/C8H14O/c9-8-6-4-2-1-3-5-7-8/h4,6,8-9H,1-3,5,7H2/b6-4-/t8-/m0/s1. The van der Waals surface area contributed by atoms with E-state index >= 15 is 0 Å². The van der Waals surface area contributed by atoms with Crippen molar-refractivity contribution in [2.75, 3.05) is 0 Å². The average Bonchev–Trinajstić information content (AvgIpc) is 1.79. The maximum atomic E-state index is 9.13. The van der Waals surface area contributed by atoms with Crippen LogP contribution in [0.1, 0.15) is 32.1 Å². The highest BCUT2D eigenvalue weighted by molar-refractivity contribution is 4.89. The quantitative estimate of drug-likeness (QED) is 0.491. The van der Waals surface area contributed by atoms with Crippen molar-refractivity contribution in [2.24, 2.45) is 0 Å². The molecule has 0 spiro atoms. The number of aliphatic hydroxyl groups is 1. The molecule has 1 N–H and O–H groups in total. The van der Waals surface area contributed by atoms with Crippen molar-refractivity contribution in [3.8, 4) is 0 Å². The molecule has 1 atom stereocenters. The Kier molecular flexibility index (Phi) is 2.78. The molecule has 0 bridgehead atoms. The Balaban J connectivity index is 2.30. The van der Waals surface area contributed by atoms with Gasteiger partial charge in [0.2, 0.25) is 0 Å². The van der Waals surface area contributed by atoms with Crippen LogP contribution in [0.25, 0.3) is 0 Å². The molecule has 0 aromatic carbocycles. The molecule has 0 radical (unpaired) electrons. The smallest absolute Gasteiger partial charge is 0.0720 e. The van der Waals surface area contributed by atoms with Gasteiger partial charge in [0.15, 0.2) is 0 Å². The second-order valence-electron chi connectivity index (χ2n) is 2.63. The molecule has 1 aliphatic carbocycles. The minimum Gasteiger partial charge on any atom is -0.389 e. The van der Waals surface area contributed by atoms with Crippen LogP contribution in [0, 0.1) is 0 Å². The Labute approximate surface area is 56.4 Å². The summed E-state index contributed by atoms with van der Waals surface area (Å²) in [6, 6.07) is 0. The van der Waals surface area contributed by atoms with Crippen molar-refractivity contribution >= 4 is 0 Å². The van der Waals surface area contributed by atoms with Gasteiger partial charge in [0.05, 0.1) is 6.10 Å². The third-order valence-corrected chi connectivity index (χ3v) is 1.73. The van der Waals surface area contributed by atoms with E-state index in [2.05, 4.69) is 6.08 Å². The summed E-state index contributed by atoms with van der Waals surface area (Å²) >= 11 is 0. The maximum Gasteiger partial charge on any atom is 0.0720 e. The van der Waals surface area contributed by atoms with E-state index < -0.39 is 0 Å². The maximum absolute atomic E-state index is 9.13. The first-order valence-electron chi connectivity index (χ1n) is 3.74. The van der Waals surface area contributed by atoms with Gasteiger partial charge in [0.1, 0.15) is 0 Å². The fraction of sp³-hybridized carbons (Fsp3) is 0.750. The highest BCUT2D eigenvalue weighted by Crippen LogP contribution is 2.10. The van der Waals surface area contributed by atoms with E-state index in [0.29, 0.717) is 0 Å². The molecule has 0 aromatic rings. The van der Waals surface area contributed by atoms with Crippen LogP contribution in [-0.2, 0) is 0 Å². The SMILES string of the molecule is O[C@H]1/C=C\CCCCC1. The number of allylic oxidation sites excluding steroid dienone is 1. The normalized spacial score (nSPS) is 32.8. The average molecular weight is 126 g/mol. The number of aliphatic hydroxyl groups excluding tert-OH is 1. The molecule has 0 unspecified atom stereocenters. The van der Waals surface area contributed by atoms with E-state index in [-0.39, 0.29) is 6.10 Å². The fourth-order valence-corrected chi connectivity index (χ4v) is 1.14. The number of hydrogen-bond acceptors (Lipinski definition) is 1. The molecule has 1 aliphatic rings. The fourth-order valence-electron chi connectivity index (χ4n) is 1.14. The Morgan fingerprint density at radius 1 is 1.22 bits per heavy atom. The summed E-state index contributed by atoms with van der Waals surface area (Å²) in [6.45, 7) is 0. The zero-order valence-corrected chi connectivity index (χ0v) is 5.71. The van der Waals surface area contributed by atoms with Gasteiger partial charge in [-0.2, -0.15) is 0 Å². The van der Waals surface area contributed by atoms with Gasteiger partial charge in [0, 0.05) is 0 Å². The molecule has 0 heterocycles. The third-order valence-electron chi connectivity index (χ3n) is 1.73. The van der Waals surface area contributed by atoms with Crippen molar-refractivity contribution in [2.45, 2.75) is 38.2 Å². The van der Waals surface area contributed by atoms with E-state index in [1.807, 2.05) is 6.08 Å². The minimum atomic E-state index is -0.162. The van der Waals surface area contributed by atoms with Gasteiger partial charge < -0.3 is 5.11 Å². The topological polar surface area (TPSA) is 20.2 Å². The molecule has 9 heavy (non-hydrogen) atoms. The van der Waals surface area contributed by atoms with Crippen LogP contribution in [0.2, 0.25) is 0 Å². The lowest BCUT2D eigenvalue weighted by Gasteiger charge is -2.07. The lowest BCUT2D eigenvalue weighted by Crippen LogP contribution is -2.02. The molecular formula is C8H14O. The van der Waals surface area contributed by atoms with Crippen molar-refractivity contribution in [3.63, 3.8) is 0 Å². The third kappa shape index (κ3) is 2.66. The molecule has 0 fully saturated rings. The van der Waals surface area contributed by atoms with Crippen LogP contribution in [0.15, 0.2) is 12.2 Å². The lowest BCUT2D eigenvalue weighted by molar-refractivity contribution is 0.206. The first-order chi connectivity index (χ1) is 4.39. The summed E-state index contributed by atoms with van der Waals surface area (Å²) in [5.41, 5.74) is 0. The molecule has 0 amide bonds. The Hall–Kier alpha value is -0.300. The van der Waals surface area contributed by atoms with Crippen LogP contribution in [0.5, 0.6) is 0 Å². The monoisotopic (exact) mass is 126 g/mol. The second-order valence-corrected chi connectivity index (χ2v) is 2.63. The first kappa shape index (κ1) is 6.81. The van der Waals surface area contributed by atoms with Gasteiger partial charge >= 0.3 is 0 Å². The van der Waals surface area contributed by atoms with E-state index in [4.69, 9.17) is 5.11 Å². The molecule has 0 saturated carbocycles. The van der Waals surface area contributed by atoms with Gasteiger partial charge in [0.25, 0.3) is 0 Å². The Bertz CT molecular complexity index is 96.7. The van der Waals surface area contributed by atoms with Gasteiger partial charge in [-0.1, -0.05) is 25.0 Å². The zero-order valence-electron chi connectivity index (χ0n) is 5.71. The second kappa shape index (κ2) is 3.67. The van der Waals surface area contributed by atoms with Crippen molar-refractivity contribution in [1.82, 2.24) is 0 Å². The van der Waals surface area contributed by atoms with E-state index in [9.17, 15) is 0 Å². The summed E-state index contributed by atoms with van der Waals surface area (Å²) < 4.78 is 0. The van der Waals surface area contributed by atoms with E-state index in [1.165, 1.54) is 19.3 Å². The van der Waals surface area contributed by atoms with E-state index in [0.717, 1.165) is 12.8 Å². The summed E-state index contributed by atoms with van der Waals surface area (Å²) in [7, 11) is 0. The van der Waals surface area contributed by atoms with Gasteiger partial charge in [-0.15, -0.1) is 0 Å². The minimum absolute atomic E-state index is 0.162. The van der Waals surface area contributed by atoms with Crippen molar-refractivity contribution in [3.05, 3.63) is 12.2 Å². The molecule has 0 aromatic heterocycles. The van der Waals surface area contributed by atoms with Crippen molar-refractivity contribution in [1.29, 1.82) is 0 Å². The highest BCUT2D eigenvalue weighted by atomic mass is 16.3. The zero-order chi connectivity index (χ0) is 6.53. The summed E-state index contributed by atoms with van der Waals surface area (Å²) in [6.07, 6.45) is 9.71. The Morgan fingerprint density at radius 3 is 3.00 bits per heavy atom. The molecular weight excluding hydrogens is 112 g/mol. The van der Waals surface area contributed by atoms with Crippen LogP contribution >= 0.6 is 0 Å². The van der Waals surface area contributed by atoms with Gasteiger partial charge in [-0.05, 0) is 19.3 Å². The van der Waals surface area contributed by atoms with Crippen LogP contribution in [0.3, 0.4) is 0 Å². The molecule has 1 nitrogen and oxygen atoms in total. The van der Waals surface area contributed by atoms with Gasteiger partial charge in [-0.3, -0.25) is 0 Å². The van der Waals surface area contributed by atoms with E-state index in [1.54, 1.807) is 0 Å². The van der Waals surface area contributed by atoms with Crippen LogP contribution in [-0.4, -0.2) is 11.2 Å². The predicted octanol–water partition coefficient (Wildman–Crippen LogP) is 1.87. The highest BCUT2D eigenvalue weighted by Gasteiger charge is 2.00. The first-order valence-corrected chi connectivity index (χ1v) is 3.74. The van der Waals surface area contributed by atoms with Crippen LogP contribution < -0.4 is 0 Å². The molecule has 0 saturated heterocycles. The predicted molar refractivity (Wildman–Crippen MR) is 38.2 cm³/mol. The molecule has 52 valence electrons. The molecule has 0 aliphatic heterocycles. The van der Waals surface area contributed by atoms with Crippen LogP contribution in [0.4, 0.5) is 0 Å². The van der Waals surface area contributed by atoms with Gasteiger partial charge in [-0.25, -0.2) is 0 Å². The number of hydrogen-bond donors (Lipinski definition) is 1. The summed E-state index contributed by atoms with van der Waals surface area (Å²) in [5.74, 6) is 0. The van der Waals surface area contributed by atoms with Crippen molar-refractivity contribution < 1.29 is 5.11 Å². The largest absolute Gasteiger partial charge is 0.389 e.